The molecular formula is C20H26N4O3. The van der Waals surface area contributed by atoms with Crippen molar-refractivity contribution in [3.8, 4) is 17.3 Å². The van der Waals surface area contributed by atoms with Crippen LogP contribution >= 0.6 is 0 Å². The summed E-state index contributed by atoms with van der Waals surface area (Å²) in [4.78, 5) is 24.7. The van der Waals surface area contributed by atoms with Crippen LogP contribution in [0.3, 0.4) is 0 Å². The van der Waals surface area contributed by atoms with Crippen LogP contribution in [-0.4, -0.2) is 38.8 Å². The predicted octanol–water partition coefficient (Wildman–Crippen LogP) is 3.75. The predicted molar refractivity (Wildman–Crippen MR) is 101 cm³/mol. The fourth-order valence-electron chi connectivity index (χ4n) is 3.01. The number of hydrogen-bond acceptors (Lipinski definition) is 6. The Bertz CT molecular complexity index is 753. The van der Waals surface area contributed by atoms with Gasteiger partial charge in [-0.1, -0.05) is 0 Å². The van der Waals surface area contributed by atoms with Gasteiger partial charge in [-0.2, -0.15) is 4.98 Å². The number of ether oxygens (including phenoxy) is 2. The van der Waals surface area contributed by atoms with Gasteiger partial charge in [-0.3, -0.25) is 4.98 Å². The number of amides is 1. The van der Waals surface area contributed by atoms with Gasteiger partial charge >= 0.3 is 6.09 Å². The maximum absolute atomic E-state index is 11.9. The lowest BCUT2D eigenvalue weighted by atomic mass is 9.93. The first-order chi connectivity index (χ1) is 12.9. The fraction of sp³-hybridized carbons (Fsp3) is 0.500. The van der Waals surface area contributed by atoms with Crippen LogP contribution in [0.15, 0.2) is 36.8 Å². The minimum atomic E-state index is -0.483. The van der Waals surface area contributed by atoms with Crippen molar-refractivity contribution in [2.24, 2.45) is 0 Å². The van der Waals surface area contributed by atoms with Crippen molar-refractivity contribution in [3.05, 3.63) is 36.8 Å². The van der Waals surface area contributed by atoms with Crippen molar-refractivity contribution in [3.63, 3.8) is 0 Å². The van der Waals surface area contributed by atoms with Crippen molar-refractivity contribution in [1.29, 1.82) is 0 Å². The van der Waals surface area contributed by atoms with E-state index in [0.29, 0.717) is 11.7 Å². The molecule has 0 saturated heterocycles. The summed E-state index contributed by atoms with van der Waals surface area (Å²) in [7, 11) is 0. The molecule has 3 rings (SSSR count). The van der Waals surface area contributed by atoms with Gasteiger partial charge in [0.2, 0.25) is 5.88 Å². The third-order valence-electron chi connectivity index (χ3n) is 4.23. The normalized spacial score (nSPS) is 20.0. The lowest BCUT2D eigenvalue weighted by Gasteiger charge is -2.30. The molecule has 7 nitrogen and oxygen atoms in total. The Morgan fingerprint density at radius 2 is 1.93 bits per heavy atom. The third kappa shape index (κ3) is 5.91. The summed E-state index contributed by atoms with van der Waals surface area (Å²) in [6.07, 6.45) is 8.27. The van der Waals surface area contributed by atoms with Gasteiger partial charge in [0.05, 0.1) is 0 Å². The van der Waals surface area contributed by atoms with Crippen LogP contribution in [0.4, 0.5) is 4.79 Å². The molecule has 27 heavy (non-hydrogen) atoms. The van der Waals surface area contributed by atoms with Gasteiger partial charge in [0.1, 0.15) is 11.7 Å². The standard InChI is InChI=1S/C20H26N4O3/c1-20(2,3)27-19(25)23-15-6-8-16(9-7-15)26-17-10-12-22-18(24-17)14-5-4-11-21-13-14/h4-5,10-13,15-16H,6-9H2,1-3H3,(H,23,25). The second-order valence-electron chi connectivity index (χ2n) is 7.70. The number of nitrogens with zero attached hydrogens (tertiary/aromatic N) is 3. The molecule has 0 spiro atoms. The molecular weight excluding hydrogens is 344 g/mol. The average Bonchev–Trinajstić information content (AvgIpc) is 2.63. The van der Waals surface area contributed by atoms with E-state index in [2.05, 4.69) is 20.3 Å². The summed E-state index contributed by atoms with van der Waals surface area (Å²) in [5.41, 5.74) is 0.372. The monoisotopic (exact) mass is 370 g/mol. The van der Waals surface area contributed by atoms with Gasteiger partial charge < -0.3 is 14.8 Å². The van der Waals surface area contributed by atoms with Gasteiger partial charge in [0.25, 0.3) is 0 Å². The highest BCUT2D eigenvalue weighted by Gasteiger charge is 2.26. The molecule has 0 radical (unpaired) electrons. The van der Waals surface area contributed by atoms with E-state index in [-0.39, 0.29) is 18.2 Å². The van der Waals surface area contributed by atoms with Gasteiger partial charge in [-0.25, -0.2) is 9.78 Å². The third-order valence-corrected chi connectivity index (χ3v) is 4.23. The van der Waals surface area contributed by atoms with E-state index in [1.54, 1.807) is 24.7 Å². The van der Waals surface area contributed by atoms with Crippen molar-refractivity contribution in [1.82, 2.24) is 20.3 Å². The highest BCUT2D eigenvalue weighted by molar-refractivity contribution is 5.68. The van der Waals surface area contributed by atoms with Crippen LogP contribution in [0.5, 0.6) is 5.88 Å². The highest BCUT2D eigenvalue weighted by Crippen LogP contribution is 2.24. The molecule has 1 aliphatic rings. The molecule has 2 aromatic heterocycles. The molecule has 0 bridgehead atoms. The molecule has 7 heteroatoms. The van der Waals surface area contributed by atoms with Crippen molar-refractivity contribution < 1.29 is 14.3 Å². The van der Waals surface area contributed by atoms with E-state index in [0.717, 1.165) is 31.2 Å². The first-order valence-electron chi connectivity index (χ1n) is 9.29. The SMILES string of the molecule is CC(C)(C)OC(=O)NC1CCC(Oc2ccnc(-c3cccnc3)n2)CC1. The van der Waals surface area contributed by atoms with Crippen LogP contribution < -0.4 is 10.1 Å². The van der Waals surface area contributed by atoms with E-state index in [1.807, 2.05) is 32.9 Å². The van der Waals surface area contributed by atoms with Crippen molar-refractivity contribution >= 4 is 6.09 Å². The molecule has 0 aliphatic heterocycles. The zero-order valence-electron chi connectivity index (χ0n) is 16.0. The number of carbonyl (C=O) groups excluding carboxylic acids is 1. The van der Waals surface area contributed by atoms with Crippen LogP contribution in [-0.2, 0) is 4.74 Å². The molecule has 1 aliphatic carbocycles. The van der Waals surface area contributed by atoms with E-state index >= 15 is 0 Å². The second-order valence-corrected chi connectivity index (χ2v) is 7.70. The zero-order chi connectivity index (χ0) is 19.3. The molecule has 0 unspecified atom stereocenters. The summed E-state index contributed by atoms with van der Waals surface area (Å²) in [5, 5.41) is 2.94. The number of pyridine rings is 1. The molecule has 144 valence electrons. The van der Waals surface area contributed by atoms with Crippen LogP contribution in [0.1, 0.15) is 46.5 Å². The number of alkyl carbamates (subject to hydrolysis) is 1. The van der Waals surface area contributed by atoms with E-state index in [4.69, 9.17) is 9.47 Å². The quantitative estimate of drug-likeness (QED) is 0.882. The van der Waals surface area contributed by atoms with Gasteiger partial charge in [-0.15, -0.1) is 0 Å². The Labute approximate surface area is 159 Å². The van der Waals surface area contributed by atoms with E-state index in [9.17, 15) is 4.79 Å². The molecule has 2 heterocycles. The first-order valence-corrected chi connectivity index (χ1v) is 9.29. The van der Waals surface area contributed by atoms with Crippen molar-refractivity contribution in [2.45, 2.75) is 64.2 Å². The van der Waals surface area contributed by atoms with Gasteiger partial charge in [0, 0.05) is 36.3 Å². The largest absolute Gasteiger partial charge is 0.474 e. The zero-order valence-corrected chi connectivity index (χ0v) is 16.0. The Balaban J connectivity index is 1.50. The average molecular weight is 370 g/mol. The topological polar surface area (TPSA) is 86.2 Å². The summed E-state index contributed by atoms with van der Waals surface area (Å²) in [5.74, 6) is 1.16. The first kappa shape index (κ1) is 19.1. The lowest BCUT2D eigenvalue weighted by molar-refractivity contribution is 0.0469. The number of rotatable bonds is 4. The molecule has 1 saturated carbocycles. The van der Waals surface area contributed by atoms with Gasteiger partial charge in [0.15, 0.2) is 5.82 Å². The smallest absolute Gasteiger partial charge is 0.407 e. The molecule has 0 aromatic carbocycles. The Hall–Kier alpha value is -2.70. The number of hydrogen-bond donors (Lipinski definition) is 1. The minimum Gasteiger partial charge on any atom is -0.474 e. The minimum absolute atomic E-state index is 0.0818. The molecule has 0 atom stereocenters. The second kappa shape index (κ2) is 8.33. The maximum Gasteiger partial charge on any atom is 0.407 e. The number of nitrogens with one attached hydrogen (secondary N) is 1. The Kier molecular flexibility index (Phi) is 5.88. The highest BCUT2D eigenvalue weighted by atomic mass is 16.6. The molecule has 1 N–H and O–H groups in total. The lowest BCUT2D eigenvalue weighted by Crippen LogP contribution is -2.42. The Morgan fingerprint density at radius 1 is 1.15 bits per heavy atom. The van der Waals surface area contributed by atoms with Crippen LogP contribution in [0.25, 0.3) is 11.4 Å². The van der Waals surface area contributed by atoms with Crippen LogP contribution in [0.2, 0.25) is 0 Å². The van der Waals surface area contributed by atoms with Crippen molar-refractivity contribution in [2.75, 3.05) is 0 Å². The molecule has 1 fully saturated rings. The molecule has 1 amide bonds. The Morgan fingerprint density at radius 3 is 2.59 bits per heavy atom. The van der Waals surface area contributed by atoms with E-state index in [1.165, 1.54) is 0 Å². The molecule has 2 aromatic rings. The summed E-state index contributed by atoms with van der Waals surface area (Å²) >= 11 is 0. The van der Waals surface area contributed by atoms with Gasteiger partial charge in [-0.05, 0) is 58.6 Å². The summed E-state index contributed by atoms with van der Waals surface area (Å²) < 4.78 is 11.4. The van der Waals surface area contributed by atoms with E-state index < -0.39 is 5.60 Å². The summed E-state index contributed by atoms with van der Waals surface area (Å²) in [6, 6.07) is 5.66. The number of carbonyl (C=O) groups is 1. The number of aromatic nitrogens is 3. The van der Waals surface area contributed by atoms with Crippen LogP contribution in [0, 0.1) is 0 Å². The maximum atomic E-state index is 11.9. The summed E-state index contributed by atoms with van der Waals surface area (Å²) in [6.45, 7) is 5.58. The fourth-order valence-corrected chi connectivity index (χ4v) is 3.01.